The minimum Gasteiger partial charge on any atom is -0.478 e. The van der Waals surface area contributed by atoms with Crippen molar-refractivity contribution in [1.82, 2.24) is 4.98 Å². The van der Waals surface area contributed by atoms with E-state index in [1.807, 2.05) is 18.3 Å². The SMILES string of the molecule is C=Cc1cccc2[nH]ccc12.O=C(O)c1ccccc1. The lowest BCUT2D eigenvalue weighted by atomic mass is 10.1. The maximum absolute atomic E-state index is 10.2. The van der Waals surface area contributed by atoms with E-state index in [-0.39, 0.29) is 0 Å². The largest absolute Gasteiger partial charge is 0.478 e. The Balaban J connectivity index is 0.000000151. The third-order valence-electron chi connectivity index (χ3n) is 2.87. The molecule has 0 spiro atoms. The van der Waals surface area contributed by atoms with Crippen molar-refractivity contribution < 1.29 is 9.90 Å². The molecule has 0 saturated heterocycles. The van der Waals surface area contributed by atoms with Gasteiger partial charge < -0.3 is 10.1 Å². The van der Waals surface area contributed by atoms with Gasteiger partial charge in [0, 0.05) is 17.1 Å². The summed E-state index contributed by atoms with van der Waals surface area (Å²) in [6.07, 6.45) is 3.81. The monoisotopic (exact) mass is 265 g/mol. The first-order chi connectivity index (χ1) is 9.72. The van der Waals surface area contributed by atoms with Gasteiger partial charge >= 0.3 is 5.97 Å². The highest BCUT2D eigenvalue weighted by atomic mass is 16.4. The van der Waals surface area contributed by atoms with Gasteiger partial charge in [-0.15, -0.1) is 0 Å². The second-order valence-corrected chi connectivity index (χ2v) is 4.16. The number of aromatic carboxylic acids is 1. The summed E-state index contributed by atoms with van der Waals surface area (Å²) in [5, 5.41) is 9.62. The van der Waals surface area contributed by atoms with Gasteiger partial charge in [0.1, 0.15) is 0 Å². The van der Waals surface area contributed by atoms with Crippen molar-refractivity contribution in [3.8, 4) is 0 Å². The Morgan fingerprint density at radius 1 is 1.05 bits per heavy atom. The first-order valence-corrected chi connectivity index (χ1v) is 6.19. The summed E-state index contributed by atoms with van der Waals surface area (Å²) in [7, 11) is 0. The first kappa shape index (κ1) is 13.6. The van der Waals surface area contributed by atoms with Crippen molar-refractivity contribution in [2.75, 3.05) is 0 Å². The number of hydrogen-bond acceptors (Lipinski definition) is 1. The summed E-state index contributed by atoms with van der Waals surface area (Å²) >= 11 is 0. The number of rotatable bonds is 2. The highest BCUT2D eigenvalue weighted by molar-refractivity contribution is 5.88. The van der Waals surface area contributed by atoms with E-state index in [1.165, 1.54) is 16.5 Å². The molecular formula is C17H15NO2. The van der Waals surface area contributed by atoms with Crippen molar-refractivity contribution in [2.24, 2.45) is 0 Å². The van der Waals surface area contributed by atoms with Crippen molar-refractivity contribution in [2.45, 2.75) is 0 Å². The predicted octanol–water partition coefficient (Wildman–Crippen LogP) is 4.20. The van der Waals surface area contributed by atoms with Crippen LogP contribution in [0.3, 0.4) is 0 Å². The highest BCUT2D eigenvalue weighted by Gasteiger charge is 1.97. The Kier molecular flexibility index (Phi) is 4.35. The topological polar surface area (TPSA) is 53.1 Å². The second kappa shape index (κ2) is 6.38. The van der Waals surface area contributed by atoms with Crippen LogP contribution in [-0.2, 0) is 0 Å². The van der Waals surface area contributed by atoms with Crippen LogP contribution in [0.2, 0.25) is 0 Å². The number of fused-ring (bicyclic) bond motifs is 1. The van der Waals surface area contributed by atoms with Gasteiger partial charge in [-0.3, -0.25) is 0 Å². The number of aromatic amines is 1. The minimum atomic E-state index is -0.879. The molecule has 3 nitrogen and oxygen atoms in total. The molecule has 0 aliphatic carbocycles. The number of carbonyl (C=O) groups is 1. The molecule has 3 heteroatoms. The van der Waals surface area contributed by atoms with Crippen LogP contribution in [0.1, 0.15) is 15.9 Å². The van der Waals surface area contributed by atoms with E-state index in [1.54, 1.807) is 30.3 Å². The Morgan fingerprint density at radius 2 is 1.80 bits per heavy atom. The average molecular weight is 265 g/mol. The van der Waals surface area contributed by atoms with Crippen LogP contribution in [0, 0.1) is 0 Å². The normalized spacial score (nSPS) is 9.60. The quantitative estimate of drug-likeness (QED) is 0.729. The third-order valence-corrected chi connectivity index (χ3v) is 2.87. The van der Waals surface area contributed by atoms with E-state index in [0.29, 0.717) is 5.56 Å². The van der Waals surface area contributed by atoms with Gasteiger partial charge in [-0.2, -0.15) is 0 Å². The molecular weight excluding hydrogens is 250 g/mol. The van der Waals surface area contributed by atoms with Gasteiger partial charge in [-0.05, 0) is 29.8 Å². The molecule has 0 saturated carbocycles. The summed E-state index contributed by atoms with van der Waals surface area (Å²) in [5.41, 5.74) is 2.68. The lowest BCUT2D eigenvalue weighted by Crippen LogP contribution is -1.93. The van der Waals surface area contributed by atoms with Crippen molar-refractivity contribution in [3.63, 3.8) is 0 Å². The maximum atomic E-state index is 10.2. The van der Waals surface area contributed by atoms with E-state index >= 15 is 0 Å². The van der Waals surface area contributed by atoms with Crippen molar-refractivity contribution in [3.05, 3.63) is 78.5 Å². The van der Waals surface area contributed by atoms with Crippen LogP contribution in [0.5, 0.6) is 0 Å². The molecule has 1 heterocycles. The van der Waals surface area contributed by atoms with Gasteiger partial charge in [-0.1, -0.05) is 43.0 Å². The average Bonchev–Trinajstić information content (AvgIpc) is 2.97. The van der Waals surface area contributed by atoms with Gasteiger partial charge in [0.05, 0.1) is 5.56 Å². The van der Waals surface area contributed by atoms with E-state index in [9.17, 15) is 4.79 Å². The number of H-pyrrole nitrogens is 1. The molecule has 2 aromatic carbocycles. The molecule has 20 heavy (non-hydrogen) atoms. The van der Waals surface area contributed by atoms with E-state index in [4.69, 9.17) is 5.11 Å². The molecule has 1 aromatic heterocycles. The zero-order chi connectivity index (χ0) is 14.4. The number of nitrogens with one attached hydrogen (secondary N) is 1. The fraction of sp³-hybridized carbons (Fsp3) is 0. The number of carboxylic acids is 1. The Bertz CT molecular complexity index is 714. The molecule has 0 radical (unpaired) electrons. The summed E-state index contributed by atoms with van der Waals surface area (Å²) < 4.78 is 0. The molecule has 0 aliphatic rings. The first-order valence-electron chi connectivity index (χ1n) is 6.19. The summed E-state index contributed by atoms with van der Waals surface area (Å²) in [4.78, 5) is 13.3. The molecule has 0 unspecified atom stereocenters. The number of benzene rings is 2. The zero-order valence-electron chi connectivity index (χ0n) is 10.9. The lowest BCUT2D eigenvalue weighted by molar-refractivity contribution is 0.0697. The van der Waals surface area contributed by atoms with Gasteiger partial charge in [0.2, 0.25) is 0 Å². The third kappa shape index (κ3) is 3.14. The smallest absolute Gasteiger partial charge is 0.335 e. The highest BCUT2D eigenvalue weighted by Crippen LogP contribution is 2.17. The van der Waals surface area contributed by atoms with Crippen LogP contribution < -0.4 is 0 Å². The maximum Gasteiger partial charge on any atom is 0.335 e. The molecule has 0 aliphatic heterocycles. The van der Waals surface area contributed by atoms with Crippen LogP contribution in [0.15, 0.2) is 67.4 Å². The molecule has 3 aromatic rings. The lowest BCUT2D eigenvalue weighted by Gasteiger charge is -1.93. The summed E-state index contributed by atoms with van der Waals surface area (Å²) in [6.45, 7) is 3.75. The number of aromatic nitrogens is 1. The molecule has 0 bridgehead atoms. The van der Waals surface area contributed by atoms with Crippen molar-refractivity contribution >= 4 is 22.9 Å². The number of carboxylic acid groups (broad SMARTS) is 1. The van der Waals surface area contributed by atoms with E-state index in [2.05, 4.69) is 29.8 Å². The van der Waals surface area contributed by atoms with Crippen LogP contribution >= 0.6 is 0 Å². The van der Waals surface area contributed by atoms with Crippen LogP contribution in [-0.4, -0.2) is 16.1 Å². The summed E-state index contributed by atoms with van der Waals surface area (Å²) in [6, 6.07) is 16.5. The molecule has 0 fully saturated rings. The standard InChI is InChI=1S/C10H9N.C7H6O2/c1-2-8-4-3-5-10-9(8)6-7-11-10;8-7(9)6-4-2-1-3-5-6/h2-7,11H,1H2;1-5H,(H,8,9). The molecule has 0 amide bonds. The predicted molar refractivity (Wildman–Crippen MR) is 81.8 cm³/mol. The molecule has 100 valence electrons. The minimum absolute atomic E-state index is 0.331. The summed E-state index contributed by atoms with van der Waals surface area (Å²) in [5.74, 6) is -0.879. The Morgan fingerprint density at radius 3 is 2.40 bits per heavy atom. The van der Waals surface area contributed by atoms with Crippen LogP contribution in [0.4, 0.5) is 0 Å². The fourth-order valence-electron chi connectivity index (χ4n) is 1.87. The number of hydrogen-bond donors (Lipinski definition) is 2. The van der Waals surface area contributed by atoms with Crippen molar-refractivity contribution in [1.29, 1.82) is 0 Å². The Hall–Kier alpha value is -2.81. The van der Waals surface area contributed by atoms with Gasteiger partial charge in [0.25, 0.3) is 0 Å². The molecule has 0 atom stereocenters. The Labute approximate surface area is 117 Å². The second-order valence-electron chi connectivity index (χ2n) is 4.16. The molecule has 2 N–H and O–H groups in total. The van der Waals surface area contributed by atoms with E-state index in [0.717, 1.165) is 0 Å². The van der Waals surface area contributed by atoms with Gasteiger partial charge in [0.15, 0.2) is 0 Å². The zero-order valence-corrected chi connectivity index (χ0v) is 10.9. The molecule has 3 rings (SSSR count). The van der Waals surface area contributed by atoms with Gasteiger partial charge in [-0.25, -0.2) is 4.79 Å². The fourth-order valence-corrected chi connectivity index (χ4v) is 1.87. The van der Waals surface area contributed by atoms with E-state index < -0.39 is 5.97 Å². The van der Waals surface area contributed by atoms with Crippen LogP contribution in [0.25, 0.3) is 17.0 Å².